The van der Waals surface area contributed by atoms with E-state index in [4.69, 9.17) is 9.15 Å². The number of carbonyl (C=O) groups excluding carboxylic acids is 1. The zero-order valence-corrected chi connectivity index (χ0v) is 16.3. The second-order valence-electron chi connectivity index (χ2n) is 6.16. The number of nitrogens with zero attached hydrogens (tertiary/aromatic N) is 1. The smallest absolute Gasteiger partial charge is 0.345 e. The van der Waals surface area contributed by atoms with Gasteiger partial charge in [0.25, 0.3) is 0 Å². The molecule has 0 aliphatic rings. The SMILES string of the molecule is COc1cccc(NCC(=O)Nc2nc(-c3cc4ccccc4oc3=O)cs2)c1. The van der Waals surface area contributed by atoms with Crippen LogP contribution in [0.5, 0.6) is 5.75 Å². The average molecular weight is 407 g/mol. The summed E-state index contributed by atoms with van der Waals surface area (Å²) in [6.07, 6.45) is 0. The summed E-state index contributed by atoms with van der Waals surface area (Å²) < 4.78 is 10.5. The van der Waals surface area contributed by atoms with Crippen LogP contribution in [0.2, 0.25) is 0 Å². The van der Waals surface area contributed by atoms with Crippen LogP contribution in [0.25, 0.3) is 22.2 Å². The number of aromatic nitrogens is 1. The van der Waals surface area contributed by atoms with E-state index in [2.05, 4.69) is 15.6 Å². The Morgan fingerprint density at radius 2 is 2.03 bits per heavy atom. The van der Waals surface area contributed by atoms with Gasteiger partial charge in [0.1, 0.15) is 11.3 Å². The molecule has 0 fully saturated rings. The Kier molecular flexibility index (Phi) is 5.26. The van der Waals surface area contributed by atoms with Crippen LogP contribution in [0.4, 0.5) is 10.8 Å². The van der Waals surface area contributed by atoms with Gasteiger partial charge in [-0.15, -0.1) is 11.3 Å². The van der Waals surface area contributed by atoms with Crippen LogP contribution in [0.1, 0.15) is 0 Å². The summed E-state index contributed by atoms with van der Waals surface area (Å²) in [4.78, 5) is 28.8. The number of amides is 1. The zero-order valence-electron chi connectivity index (χ0n) is 15.5. The molecule has 4 aromatic rings. The van der Waals surface area contributed by atoms with Crippen LogP contribution >= 0.6 is 11.3 Å². The highest BCUT2D eigenvalue weighted by Gasteiger charge is 2.13. The van der Waals surface area contributed by atoms with E-state index in [1.807, 2.05) is 30.3 Å². The van der Waals surface area contributed by atoms with Crippen LogP contribution < -0.4 is 21.0 Å². The number of thiazole rings is 1. The average Bonchev–Trinajstić information content (AvgIpc) is 3.20. The Morgan fingerprint density at radius 3 is 2.90 bits per heavy atom. The van der Waals surface area contributed by atoms with Gasteiger partial charge in [0.2, 0.25) is 5.91 Å². The molecule has 2 heterocycles. The largest absolute Gasteiger partial charge is 0.497 e. The summed E-state index contributed by atoms with van der Waals surface area (Å²) in [5, 5.41) is 8.69. The molecule has 29 heavy (non-hydrogen) atoms. The molecular formula is C21H17N3O4S. The minimum Gasteiger partial charge on any atom is -0.497 e. The molecule has 2 aromatic heterocycles. The molecule has 2 N–H and O–H groups in total. The third-order valence-electron chi connectivity index (χ3n) is 4.19. The van der Waals surface area contributed by atoms with Crippen molar-refractivity contribution in [3.63, 3.8) is 0 Å². The number of ether oxygens (including phenoxy) is 1. The molecule has 7 nitrogen and oxygen atoms in total. The predicted octanol–water partition coefficient (Wildman–Crippen LogP) is 3.98. The molecule has 146 valence electrons. The minimum atomic E-state index is -0.466. The van der Waals surface area contributed by atoms with E-state index in [1.165, 1.54) is 11.3 Å². The second kappa shape index (κ2) is 8.15. The van der Waals surface area contributed by atoms with Crippen LogP contribution in [0, 0.1) is 0 Å². The van der Waals surface area contributed by atoms with Gasteiger partial charge in [-0.05, 0) is 24.3 Å². The lowest BCUT2D eigenvalue weighted by Crippen LogP contribution is -2.21. The molecule has 1 amide bonds. The molecule has 2 aromatic carbocycles. The van der Waals surface area contributed by atoms with Gasteiger partial charge >= 0.3 is 5.63 Å². The lowest BCUT2D eigenvalue weighted by atomic mass is 10.1. The number of nitrogens with one attached hydrogen (secondary N) is 2. The fraction of sp³-hybridized carbons (Fsp3) is 0.0952. The first-order chi connectivity index (χ1) is 14.1. The second-order valence-corrected chi connectivity index (χ2v) is 7.02. The van der Waals surface area contributed by atoms with E-state index in [1.54, 1.807) is 36.8 Å². The van der Waals surface area contributed by atoms with E-state index < -0.39 is 5.63 Å². The van der Waals surface area contributed by atoms with E-state index in [0.29, 0.717) is 27.7 Å². The zero-order chi connectivity index (χ0) is 20.2. The van der Waals surface area contributed by atoms with Crippen molar-refractivity contribution >= 4 is 39.0 Å². The maximum atomic E-state index is 12.3. The normalized spacial score (nSPS) is 10.7. The molecule has 0 aliphatic carbocycles. The molecule has 0 saturated heterocycles. The molecular weight excluding hydrogens is 390 g/mol. The van der Waals surface area contributed by atoms with E-state index in [0.717, 1.165) is 11.1 Å². The highest BCUT2D eigenvalue weighted by molar-refractivity contribution is 7.14. The molecule has 0 atom stereocenters. The van der Waals surface area contributed by atoms with Crippen molar-refractivity contribution in [1.29, 1.82) is 0 Å². The van der Waals surface area contributed by atoms with Crippen LogP contribution in [0.3, 0.4) is 0 Å². The monoisotopic (exact) mass is 407 g/mol. The van der Waals surface area contributed by atoms with Gasteiger partial charge in [0, 0.05) is 22.5 Å². The van der Waals surface area contributed by atoms with E-state index in [9.17, 15) is 9.59 Å². The molecule has 0 unspecified atom stereocenters. The lowest BCUT2D eigenvalue weighted by Gasteiger charge is -2.07. The summed E-state index contributed by atoms with van der Waals surface area (Å²) in [5.41, 5.74) is 1.65. The van der Waals surface area contributed by atoms with Crippen molar-refractivity contribution in [2.75, 3.05) is 24.3 Å². The Balaban J connectivity index is 1.44. The maximum absolute atomic E-state index is 12.3. The fourth-order valence-corrected chi connectivity index (χ4v) is 3.50. The number of anilines is 2. The summed E-state index contributed by atoms with van der Waals surface area (Å²) in [5.74, 6) is 0.452. The third kappa shape index (κ3) is 4.27. The molecule has 8 heteroatoms. The number of rotatable bonds is 6. The fourth-order valence-electron chi connectivity index (χ4n) is 2.77. The Bertz CT molecular complexity index is 1230. The summed E-state index contributed by atoms with van der Waals surface area (Å²) >= 11 is 1.24. The van der Waals surface area contributed by atoms with Crippen LogP contribution in [-0.4, -0.2) is 24.5 Å². The van der Waals surface area contributed by atoms with Gasteiger partial charge in [-0.3, -0.25) is 4.79 Å². The Hall–Kier alpha value is -3.65. The van der Waals surface area contributed by atoms with Crippen molar-refractivity contribution < 1.29 is 13.9 Å². The number of methoxy groups -OCH3 is 1. The van der Waals surface area contributed by atoms with Crippen LogP contribution in [-0.2, 0) is 4.79 Å². The highest BCUT2D eigenvalue weighted by Crippen LogP contribution is 2.25. The number of carbonyl (C=O) groups is 1. The summed E-state index contributed by atoms with van der Waals surface area (Å²) in [6.45, 7) is 0.0696. The first-order valence-corrected chi connectivity index (χ1v) is 9.67. The standard InChI is InChI=1S/C21H17N3O4S/c1-27-15-7-4-6-14(10-15)22-11-19(25)24-21-23-17(12-29-21)16-9-13-5-2-3-8-18(13)28-20(16)26/h2-10,12,22H,11H2,1H3,(H,23,24,25). The van der Waals surface area contributed by atoms with Gasteiger partial charge in [-0.1, -0.05) is 24.3 Å². The molecule has 0 bridgehead atoms. The molecule has 0 spiro atoms. The van der Waals surface area contributed by atoms with Crippen molar-refractivity contribution in [3.8, 4) is 17.0 Å². The maximum Gasteiger partial charge on any atom is 0.345 e. The van der Waals surface area contributed by atoms with Crippen molar-refractivity contribution in [1.82, 2.24) is 4.98 Å². The summed E-state index contributed by atoms with van der Waals surface area (Å²) in [6, 6.07) is 16.3. The predicted molar refractivity (Wildman–Crippen MR) is 114 cm³/mol. The van der Waals surface area contributed by atoms with E-state index >= 15 is 0 Å². The number of hydrogen-bond donors (Lipinski definition) is 2. The Labute approximate surface area is 170 Å². The number of fused-ring (bicyclic) bond motifs is 1. The van der Waals surface area contributed by atoms with Crippen molar-refractivity contribution in [2.45, 2.75) is 0 Å². The topological polar surface area (TPSA) is 93.5 Å². The first kappa shape index (κ1) is 18.7. The van der Waals surface area contributed by atoms with Crippen molar-refractivity contribution in [2.24, 2.45) is 0 Å². The summed E-state index contributed by atoms with van der Waals surface area (Å²) in [7, 11) is 1.59. The van der Waals surface area contributed by atoms with Gasteiger partial charge < -0.3 is 19.8 Å². The molecule has 0 saturated carbocycles. The van der Waals surface area contributed by atoms with Gasteiger partial charge in [0.05, 0.1) is 24.9 Å². The van der Waals surface area contributed by atoms with Gasteiger partial charge in [0.15, 0.2) is 5.13 Å². The first-order valence-electron chi connectivity index (χ1n) is 8.79. The third-order valence-corrected chi connectivity index (χ3v) is 4.95. The quantitative estimate of drug-likeness (QED) is 0.470. The van der Waals surface area contributed by atoms with Crippen LogP contribution in [0.15, 0.2) is 69.2 Å². The van der Waals surface area contributed by atoms with E-state index in [-0.39, 0.29) is 12.5 Å². The lowest BCUT2D eigenvalue weighted by molar-refractivity contribution is -0.114. The molecule has 0 aliphatic heterocycles. The Morgan fingerprint density at radius 1 is 1.17 bits per heavy atom. The van der Waals surface area contributed by atoms with Gasteiger partial charge in [-0.2, -0.15) is 0 Å². The number of benzene rings is 2. The van der Waals surface area contributed by atoms with Crippen molar-refractivity contribution in [3.05, 3.63) is 70.4 Å². The number of para-hydroxylation sites is 1. The minimum absolute atomic E-state index is 0.0696. The number of hydrogen-bond acceptors (Lipinski definition) is 7. The molecule has 0 radical (unpaired) electrons. The molecule has 4 rings (SSSR count). The van der Waals surface area contributed by atoms with Gasteiger partial charge in [-0.25, -0.2) is 9.78 Å². The highest BCUT2D eigenvalue weighted by atomic mass is 32.1.